The van der Waals surface area contributed by atoms with Gasteiger partial charge in [-0.1, -0.05) is 44.4 Å². The van der Waals surface area contributed by atoms with E-state index in [1.165, 1.54) is 11.1 Å². The molecular formula is C13H17Br2N. The molecule has 0 aliphatic rings. The fourth-order valence-corrected chi connectivity index (χ4v) is 2.57. The molecule has 1 N–H and O–H groups in total. The zero-order chi connectivity index (χ0) is 12.1. The van der Waals surface area contributed by atoms with Gasteiger partial charge < -0.3 is 5.32 Å². The Morgan fingerprint density at radius 3 is 2.69 bits per heavy atom. The van der Waals surface area contributed by atoms with Crippen molar-refractivity contribution < 1.29 is 0 Å². The van der Waals surface area contributed by atoms with Crippen molar-refractivity contribution in [3.8, 4) is 0 Å². The molecule has 0 amide bonds. The van der Waals surface area contributed by atoms with Gasteiger partial charge in [-0.2, -0.15) is 0 Å². The Bertz CT molecular complexity index is 374. The quantitative estimate of drug-likeness (QED) is 0.753. The molecule has 0 fully saturated rings. The largest absolute Gasteiger partial charge is 0.310 e. The van der Waals surface area contributed by atoms with Crippen LogP contribution in [0.1, 0.15) is 31.9 Å². The summed E-state index contributed by atoms with van der Waals surface area (Å²) in [7, 11) is 0. The zero-order valence-electron chi connectivity index (χ0n) is 9.69. The van der Waals surface area contributed by atoms with Crippen molar-refractivity contribution in [2.75, 3.05) is 6.54 Å². The Morgan fingerprint density at radius 1 is 1.44 bits per heavy atom. The van der Waals surface area contributed by atoms with Gasteiger partial charge in [-0.3, -0.25) is 0 Å². The maximum absolute atomic E-state index is 3.99. The molecule has 0 radical (unpaired) electrons. The molecule has 0 bridgehead atoms. The summed E-state index contributed by atoms with van der Waals surface area (Å²) in [6.45, 7) is 9.13. The lowest BCUT2D eigenvalue weighted by atomic mass is 10.0. The van der Waals surface area contributed by atoms with Crippen LogP contribution in [0.5, 0.6) is 0 Å². The second-order valence-electron chi connectivity index (χ2n) is 3.94. The van der Waals surface area contributed by atoms with Crippen LogP contribution >= 0.6 is 31.9 Å². The van der Waals surface area contributed by atoms with Crippen molar-refractivity contribution in [2.24, 2.45) is 0 Å². The standard InChI is InChI=1S/C13H17Br2N/c1-4-16-13(7-9(2)3)11-8-10(14)5-6-12(11)15/h5-6,8,13,16H,2,4,7H2,1,3H3. The molecule has 88 valence electrons. The van der Waals surface area contributed by atoms with Crippen molar-refractivity contribution in [3.63, 3.8) is 0 Å². The fourth-order valence-electron chi connectivity index (χ4n) is 1.67. The molecule has 1 nitrogen and oxygen atoms in total. The van der Waals surface area contributed by atoms with Gasteiger partial charge in [0.25, 0.3) is 0 Å². The Hall–Kier alpha value is -0.120. The molecule has 1 unspecified atom stereocenters. The predicted molar refractivity (Wildman–Crippen MR) is 77.7 cm³/mol. The third-order valence-corrected chi connectivity index (χ3v) is 3.55. The highest BCUT2D eigenvalue weighted by Crippen LogP contribution is 2.30. The summed E-state index contributed by atoms with van der Waals surface area (Å²) < 4.78 is 2.25. The Morgan fingerprint density at radius 2 is 2.12 bits per heavy atom. The summed E-state index contributed by atoms with van der Waals surface area (Å²) in [5, 5.41) is 3.49. The van der Waals surface area contributed by atoms with Crippen LogP contribution in [0, 0.1) is 0 Å². The van der Waals surface area contributed by atoms with Gasteiger partial charge in [0.15, 0.2) is 0 Å². The molecule has 1 atom stereocenters. The van der Waals surface area contributed by atoms with Gasteiger partial charge in [0, 0.05) is 15.0 Å². The number of hydrogen-bond acceptors (Lipinski definition) is 1. The number of benzene rings is 1. The minimum Gasteiger partial charge on any atom is -0.310 e. The Kier molecular flexibility index (Phi) is 5.73. The maximum atomic E-state index is 3.99. The first-order chi connectivity index (χ1) is 7.54. The summed E-state index contributed by atoms with van der Waals surface area (Å²) in [6, 6.07) is 6.59. The van der Waals surface area contributed by atoms with E-state index in [9.17, 15) is 0 Å². The van der Waals surface area contributed by atoms with E-state index in [1.54, 1.807) is 0 Å². The van der Waals surface area contributed by atoms with E-state index in [-0.39, 0.29) is 0 Å². The first kappa shape index (κ1) is 13.9. The van der Waals surface area contributed by atoms with E-state index < -0.39 is 0 Å². The summed E-state index contributed by atoms with van der Waals surface area (Å²) in [6.07, 6.45) is 0.961. The normalized spacial score (nSPS) is 12.5. The molecule has 0 aliphatic carbocycles. The average Bonchev–Trinajstić information content (AvgIpc) is 2.20. The molecule has 1 aromatic carbocycles. The van der Waals surface area contributed by atoms with Crippen molar-refractivity contribution in [3.05, 3.63) is 44.9 Å². The molecule has 0 saturated carbocycles. The SMILES string of the molecule is C=C(C)CC(NCC)c1cc(Br)ccc1Br. The first-order valence-corrected chi connectivity index (χ1v) is 6.96. The second kappa shape index (κ2) is 6.58. The summed E-state index contributed by atoms with van der Waals surface area (Å²) in [5.41, 5.74) is 2.47. The van der Waals surface area contributed by atoms with Crippen molar-refractivity contribution in [1.82, 2.24) is 5.32 Å². The minimum absolute atomic E-state index is 0.328. The summed E-state index contributed by atoms with van der Waals surface area (Å²) >= 11 is 7.11. The Labute approximate surface area is 115 Å². The monoisotopic (exact) mass is 345 g/mol. The van der Waals surface area contributed by atoms with E-state index in [0.717, 1.165) is 21.9 Å². The average molecular weight is 347 g/mol. The van der Waals surface area contributed by atoms with Gasteiger partial charge >= 0.3 is 0 Å². The number of nitrogens with one attached hydrogen (secondary N) is 1. The van der Waals surface area contributed by atoms with Crippen LogP contribution in [0.3, 0.4) is 0 Å². The van der Waals surface area contributed by atoms with Crippen LogP contribution in [-0.2, 0) is 0 Å². The fraction of sp³-hybridized carbons (Fsp3) is 0.385. The topological polar surface area (TPSA) is 12.0 Å². The van der Waals surface area contributed by atoms with E-state index >= 15 is 0 Å². The number of rotatable bonds is 5. The molecule has 0 saturated heterocycles. The number of halogens is 2. The molecule has 3 heteroatoms. The Balaban J connectivity index is 2.99. The van der Waals surface area contributed by atoms with Gasteiger partial charge in [0.1, 0.15) is 0 Å². The maximum Gasteiger partial charge on any atom is 0.0368 e. The highest BCUT2D eigenvalue weighted by molar-refractivity contribution is 9.11. The molecule has 0 aromatic heterocycles. The summed E-state index contributed by atoms with van der Waals surface area (Å²) in [5.74, 6) is 0. The predicted octanol–water partition coefficient (Wildman–Crippen LogP) is 4.83. The minimum atomic E-state index is 0.328. The van der Waals surface area contributed by atoms with E-state index in [0.29, 0.717) is 6.04 Å². The van der Waals surface area contributed by atoms with Gasteiger partial charge in [-0.05, 0) is 43.7 Å². The molecular weight excluding hydrogens is 330 g/mol. The van der Waals surface area contributed by atoms with Gasteiger partial charge in [0.2, 0.25) is 0 Å². The third kappa shape index (κ3) is 4.04. The smallest absolute Gasteiger partial charge is 0.0368 e. The molecule has 1 aromatic rings. The lowest BCUT2D eigenvalue weighted by molar-refractivity contribution is 0.546. The lowest BCUT2D eigenvalue weighted by Gasteiger charge is -2.20. The van der Waals surface area contributed by atoms with E-state index in [4.69, 9.17) is 0 Å². The van der Waals surface area contributed by atoms with Crippen LogP contribution < -0.4 is 5.32 Å². The van der Waals surface area contributed by atoms with Crippen molar-refractivity contribution >= 4 is 31.9 Å². The van der Waals surface area contributed by atoms with E-state index in [1.807, 2.05) is 6.07 Å². The second-order valence-corrected chi connectivity index (χ2v) is 5.71. The highest BCUT2D eigenvalue weighted by Gasteiger charge is 2.13. The third-order valence-electron chi connectivity index (χ3n) is 2.34. The van der Waals surface area contributed by atoms with Crippen molar-refractivity contribution in [2.45, 2.75) is 26.3 Å². The van der Waals surface area contributed by atoms with E-state index in [2.05, 4.69) is 69.7 Å². The van der Waals surface area contributed by atoms with Crippen LogP contribution in [-0.4, -0.2) is 6.54 Å². The van der Waals surface area contributed by atoms with Gasteiger partial charge in [-0.15, -0.1) is 6.58 Å². The van der Waals surface area contributed by atoms with Gasteiger partial charge in [0.05, 0.1) is 0 Å². The molecule has 0 aliphatic heterocycles. The molecule has 0 heterocycles. The molecule has 1 rings (SSSR count). The van der Waals surface area contributed by atoms with Crippen LogP contribution in [0.2, 0.25) is 0 Å². The van der Waals surface area contributed by atoms with Crippen LogP contribution in [0.25, 0.3) is 0 Å². The van der Waals surface area contributed by atoms with Crippen LogP contribution in [0.15, 0.2) is 39.3 Å². The zero-order valence-corrected chi connectivity index (χ0v) is 12.9. The summed E-state index contributed by atoms with van der Waals surface area (Å²) in [4.78, 5) is 0. The molecule has 16 heavy (non-hydrogen) atoms. The van der Waals surface area contributed by atoms with Crippen molar-refractivity contribution in [1.29, 1.82) is 0 Å². The van der Waals surface area contributed by atoms with Gasteiger partial charge in [-0.25, -0.2) is 0 Å². The van der Waals surface area contributed by atoms with Crippen LogP contribution in [0.4, 0.5) is 0 Å². The highest BCUT2D eigenvalue weighted by atomic mass is 79.9. The molecule has 0 spiro atoms. The number of hydrogen-bond donors (Lipinski definition) is 1. The first-order valence-electron chi connectivity index (χ1n) is 5.37. The lowest BCUT2D eigenvalue weighted by Crippen LogP contribution is -2.21.